The fraction of sp³-hybridized carbons (Fsp3) is 0.517. The molecule has 0 atom stereocenters. The molecule has 0 fully saturated rings. The lowest BCUT2D eigenvalue weighted by molar-refractivity contribution is -0.347. The Balaban J connectivity index is 2.39. The Morgan fingerprint density at radius 3 is 1.84 bits per heavy atom. The smallest absolute Gasteiger partial charge is 0.430 e. The van der Waals surface area contributed by atoms with Crippen LogP contribution in [0.2, 0.25) is 0 Å². The number of alkyl halides is 6. The molecule has 0 unspecified atom stereocenters. The summed E-state index contributed by atoms with van der Waals surface area (Å²) in [4.78, 5) is 0. The van der Waals surface area contributed by atoms with E-state index in [1.807, 2.05) is 32.9 Å². The van der Waals surface area contributed by atoms with Crippen LogP contribution in [0.15, 0.2) is 42.5 Å². The molecule has 0 amide bonds. The van der Waals surface area contributed by atoms with Gasteiger partial charge in [0, 0.05) is 5.41 Å². The van der Waals surface area contributed by atoms with Crippen LogP contribution in [0.5, 0.6) is 5.75 Å². The van der Waals surface area contributed by atoms with E-state index < -0.39 is 23.4 Å². The molecule has 0 heterocycles. The Kier molecular flexibility index (Phi) is 10.5. The molecule has 0 aromatic heterocycles. The van der Waals surface area contributed by atoms with Gasteiger partial charge in [-0.1, -0.05) is 50.3 Å². The minimum atomic E-state index is -5.91. The fourth-order valence-corrected chi connectivity index (χ4v) is 4.67. The first-order chi connectivity index (χ1) is 17.7. The van der Waals surface area contributed by atoms with E-state index in [1.165, 1.54) is 6.07 Å². The average molecular weight is 546 g/mol. The van der Waals surface area contributed by atoms with Crippen LogP contribution in [-0.4, -0.2) is 36.2 Å². The molecular formula is C29H37F6NO2. The number of aliphatic hydroxyl groups is 1. The summed E-state index contributed by atoms with van der Waals surface area (Å²) in [5, 5.41) is 9.43. The number of rotatable bonds is 12. The van der Waals surface area contributed by atoms with Gasteiger partial charge in [-0.05, 0) is 92.5 Å². The van der Waals surface area contributed by atoms with Crippen molar-refractivity contribution in [1.82, 2.24) is 0 Å². The van der Waals surface area contributed by atoms with Gasteiger partial charge in [-0.25, -0.2) is 0 Å². The highest BCUT2D eigenvalue weighted by molar-refractivity contribution is 5.57. The minimum Gasteiger partial charge on any atom is -0.493 e. The van der Waals surface area contributed by atoms with E-state index in [1.54, 1.807) is 19.1 Å². The molecule has 9 heteroatoms. The van der Waals surface area contributed by atoms with E-state index in [0.717, 1.165) is 54.5 Å². The van der Waals surface area contributed by atoms with Gasteiger partial charge in [0.2, 0.25) is 0 Å². The number of halogens is 6. The van der Waals surface area contributed by atoms with Crippen molar-refractivity contribution in [2.75, 3.05) is 13.2 Å². The first-order valence-corrected chi connectivity index (χ1v) is 12.8. The Hall–Kier alpha value is -2.52. The van der Waals surface area contributed by atoms with Crippen molar-refractivity contribution < 1.29 is 36.2 Å². The highest BCUT2D eigenvalue weighted by Crippen LogP contribution is 2.45. The van der Waals surface area contributed by atoms with E-state index >= 15 is 0 Å². The lowest BCUT2D eigenvalue weighted by atomic mass is 9.70. The summed E-state index contributed by atoms with van der Waals surface area (Å²) in [6, 6.07) is 11.0. The molecule has 2 aromatic carbocycles. The van der Waals surface area contributed by atoms with E-state index in [2.05, 4.69) is 6.07 Å². The highest BCUT2D eigenvalue weighted by atomic mass is 19.4. The summed E-state index contributed by atoms with van der Waals surface area (Å²) in [5.41, 5.74) is 3.72. The van der Waals surface area contributed by atoms with Crippen LogP contribution in [0, 0.1) is 13.8 Å². The van der Waals surface area contributed by atoms with Crippen LogP contribution < -0.4 is 10.5 Å². The van der Waals surface area contributed by atoms with Crippen LogP contribution in [0.4, 0.5) is 26.3 Å². The molecule has 0 saturated heterocycles. The molecule has 0 radical (unpaired) electrons. The zero-order chi connectivity index (χ0) is 28.8. The zero-order valence-corrected chi connectivity index (χ0v) is 22.3. The van der Waals surface area contributed by atoms with Gasteiger partial charge in [-0.2, -0.15) is 26.3 Å². The Bertz CT molecular complexity index is 1070. The molecule has 0 aliphatic rings. The third-order valence-electron chi connectivity index (χ3n) is 7.23. The number of unbranched alkanes of at least 4 members (excludes halogenated alkanes) is 2. The van der Waals surface area contributed by atoms with Gasteiger partial charge >= 0.3 is 12.4 Å². The molecule has 3 nitrogen and oxygen atoms in total. The molecule has 2 rings (SSSR count). The molecular weight excluding hydrogens is 508 g/mol. The van der Waals surface area contributed by atoms with Crippen molar-refractivity contribution in [3.63, 3.8) is 0 Å². The number of aryl methyl sites for hydroxylation is 2. The van der Waals surface area contributed by atoms with Crippen molar-refractivity contribution in [3.05, 3.63) is 70.3 Å². The number of benzene rings is 2. The predicted octanol–water partition coefficient (Wildman–Crippen LogP) is 7.79. The number of hydrogen-bond donors (Lipinski definition) is 2. The molecule has 0 spiro atoms. The Morgan fingerprint density at radius 2 is 1.37 bits per heavy atom. The second-order valence-electron chi connectivity index (χ2n) is 9.63. The Labute approximate surface area is 220 Å². The number of hydrogen-bond acceptors (Lipinski definition) is 3. The first kappa shape index (κ1) is 31.7. The summed E-state index contributed by atoms with van der Waals surface area (Å²) < 4.78 is 84.2. The fourth-order valence-electron chi connectivity index (χ4n) is 4.67. The van der Waals surface area contributed by atoms with E-state index in [4.69, 9.17) is 10.5 Å². The van der Waals surface area contributed by atoms with Crippen LogP contribution >= 0.6 is 0 Å². The van der Waals surface area contributed by atoms with Crippen molar-refractivity contribution in [2.45, 2.75) is 83.2 Å². The maximum Gasteiger partial charge on any atom is 0.430 e. The summed E-state index contributed by atoms with van der Waals surface area (Å²) in [6.45, 7) is 8.92. The van der Waals surface area contributed by atoms with Gasteiger partial charge in [0.1, 0.15) is 5.75 Å². The molecule has 3 N–H and O–H groups in total. The van der Waals surface area contributed by atoms with Crippen LogP contribution in [0.25, 0.3) is 6.08 Å². The highest BCUT2D eigenvalue weighted by Gasteiger charge is 2.68. The van der Waals surface area contributed by atoms with Gasteiger partial charge in [-0.3, -0.25) is 0 Å². The largest absolute Gasteiger partial charge is 0.493 e. The van der Waals surface area contributed by atoms with Crippen molar-refractivity contribution >= 4 is 6.08 Å². The van der Waals surface area contributed by atoms with Gasteiger partial charge in [0.05, 0.1) is 6.61 Å². The topological polar surface area (TPSA) is 55.5 Å². The lowest BCUT2D eigenvalue weighted by Gasteiger charge is -2.34. The number of nitrogens with two attached hydrogens (primary N) is 1. The molecule has 0 bridgehead atoms. The van der Waals surface area contributed by atoms with Crippen molar-refractivity contribution in [1.29, 1.82) is 0 Å². The normalized spacial score (nSPS) is 13.4. The third kappa shape index (κ3) is 6.72. The lowest BCUT2D eigenvalue weighted by Crippen LogP contribution is -2.55. The molecule has 212 valence electrons. The van der Waals surface area contributed by atoms with Gasteiger partial charge < -0.3 is 15.6 Å². The first-order valence-electron chi connectivity index (χ1n) is 12.8. The van der Waals surface area contributed by atoms with Gasteiger partial charge in [0.25, 0.3) is 5.60 Å². The Morgan fingerprint density at radius 1 is 0.816 bits per heavy atom. The molecule has 0 saturated carbocycles. The van der Waals surface area contributed by atoms with E-state index in [0.29, 0.717) is 24.8 Å². The van der Waals surface area contributed by atoms with Crippen LogP contribution in [0.1, 0.15) is 73.8 Å². The van der Waals surface area contributed by atoms with Crippen LogP contribution in [0.3, 0.4) is 0 Å². The summed E-state index contributed by atoms with van der Waals surface area (Å²) in [5.74, 6) is 0.793. The SMILES string of the molecule is CCC(CC)(c1ccc(/C=C/C(O)(C(F)(F)F)C(F)(F)F)c(C)c1)c1ccc(OCCCCCN)c(C)c1. The average Bonchev–Trinajstić information content (AvgIpc) is 2.84. The maximum atomic E-state index is 13.0. The summed E-state index contributed by atoms with van der Waals surface area (Å²) in [6.07, 6.45) is -7.08. The third-order valence-corrected chi connectivity index (χ3v) is 7.23. The summed E-state index contributed by atoms with van der Waals surface area (Å²) >= 11 is 0. The standard InChI is InChI=1S/C29H37F6NO2/c1-5-26(6-2,24-12-13-25(21(4)19-24)38-17-9-7-8-16-36)23-11-10-22(20(3)18-23)14-15-27(37,28(30,31)32)29(33,34)35/h10-15,18-19,37H,5-9,16-17,36H2,1-4H3/b15-14+. The molecule has 38 heavy (non-hydrogen) atoms. The monoisotopic (exact) mass is 545 g/mol. The van der Waals surface area contributed by atoms with Gasteiger partial charge in [0.15, 0.2) is 0 Å². The van der Waals surface area contributed by atoms with Crippen molar-refractivity contribution in [2.24, 2.45) is 5.73 Å². The van der Waals surface area contributed by atoms with E-state index in [9.17, 15) is 31.4 Å². The second kappa shape index (κ2) is 12.6. The van der Waals surface area contributed by atoms with Crippen LogP contribution in [-0.2, 0) is 5.41 Å². The summed E-state index contributed by atoms with van der Waals surface area (Å²) in [7, 11) is 0. The second-order valence-corrected chi connectivity index (χ2v) is 9.63. The minimum absolute atomic E-state index is 0.149. The predicted molar refractivity (Wildman–Crippen MR) is 138 cm³/mol. The maximum absolute atomic E-state index is 13.0. The molecule has 0 aliphatic carbocycles. The number of ether oxygens (including phenoxy) is 1. The quantitative estimate of drug-likeness (QED) is 0.212. The van der Waals surface area contributed by atoms with Crippen molar-refractivity contribution in [3.8, 4) is 5.75 Å². The molecule has 2 aromatic rings. The molecule has 0 aliphatic heterocycles. The van der Waals surface area contributed by atoms with E-state index in [-0.39, 0.29) is 11.6 Å². The van der Waals surface area contributed by atoms with Gasteiger partial charge in [-0.15, -0.1) is 0 Å². The zero-order valence-electron chi connectivity index (χ0n) is 22.3.